The van der Waals surface area contributed by atoms with Gasteiger partial charge >= 0.3 is 0 Å². The maximum absolute atomic E-state index is 13.0. The van der Waals surface area contributed by atoms with E-state index in [1.165, 1.54) is 0 Å². The molecular formula is C19H17Cl2N5O. The van der Waals surface area contributed by atoms with Crippen LogP contribution in [0.15, 0.2) is 60.2 Å². The summed E-state index contributed by atoms with van der Waals surface area (Å²) in [5, 5.41) is 2.46. The fourth-order valence-corrected chi connectivity index (χ4v) is 3.52. The van der Waals surface area contributed by atoms with Crippen LogP contribution >= 0.6 is 23.2 Å². The van der Waals surface area contributed by atoms with Gasteiger partial charge in [-0.05, 0) is 49.8 Å². The molecule has 0 radical (unpaired) electrons. The summed E-state index contributed by atoms with van der Waals surface area (Å²) in [5.41, 5.74) is 9.50. The topological polar surface area (TPSA) is 60.5 Å². The Morgan fingerprint density at radius 2 is 2.07 bits per heavy atom. The maximum Gasteiger partial charge on any atom is 0.259 e. The Labute approximate surface area is 167 Å². The molecule has 1 atom stereocenters. The second-order valence-corrected chi connectivity index (χ2v) is 7.15. The van der Waals surface area contributed by atoms with Crippen molar-refractivity contribution >= 4 is 34.9 Å². The summed E-state index contributed by atoms with van der Waals surface area (Å²) in [6.07, 6.45) is 5.38. The first kappa shape index (κ1) is 17.9. The van der Waals surface area contributed by atoms with Crippen LogP contribution in [0.25, 0.3) is 0 Å². The predicted molar refractivity (Wildman–Crippen MR) is 106 cm³/mol. The molecule has 1 unspecified atom stereocenters. The molecule has 4 rings (SSSR count). The standard InChI is InChI=1S/C19H17Cl2N5O/c1-11-6-8-22-16(10-11)26-15-7-9-25(12(2)18(15)23-24-26)19(27)13-4-3-5-14(20)17(13)21/h3-10,12,23-24H,1-2H3. The lowest BCUT2D eigenvalue weighted by Gasteiger charge is -2.30. The van der Waals surface area contributed by atoms with Crippen molar-refractivity contribution in [2.45, 2.75) is 19.9 Å². The van der Waals surface area contributed by atoms with Crippen LogP contribution in [0, 0.1) is 6.92 Å². The van der Waals surface area contributed by atoms with Crippen molar-refractivity contribution in [3.8, 4) is 0 Å². The Balaban J connectivity index is 1.63. The van der Waals surface area contributed by atoms with Gasteiger partial charge in [-0.2, -0.15) is 0 Å². The molecule has 0 aliphatic carbocycles. The number of nitrogens with one attached hydrogen (secondary N) is 2. The fraction of sp³-hybridized carbons (Fsp3) is 0.158. The van der Waals surface area contributed by atoms with Gasteiger partial charge in [0.25, 0.3) is 5.91 Å². The third kappa shape index (κ3) is 3.06. The van der Waals surface area contributed by atoms with E-state index in [4.69, 9.17) is 23.2 Å². The number of benzene rings is 1. The van der Waals surface area contributed by atoms with Crippen molar-refractivity contribution in [2.24, 2.45) is 0 Å². The van der Waals surface area contributed by atoms with Crippen LogP contribution in [0.1, 0.15) is 22.8 Å². The number of pyridine rings is 1. The number of amides is 1. The van der Waals surface area contributed by atoms with Crippen molar-refractivity contribution in [1.29, 1.82) is 0 Å². The molecule has 6 nitrogen and oxygen atoms in total. The Morgan fingerprint density at radius 1 is 1.26 bits per heavy atom. The van der Waals surface area contributed by atoms with Gasteiger partial charge in [0.05, 0.1) is 33.0 Å². The number of hydrazine groups is 2. The maximum atomic E-state index is 13.0. The number of nitrogens with zero attached hydrogens (tertiary/aromatic N) is 3. The molecule has 0 fully saturated rings. The van der Waals surface area contributed by atoms with E-state index in [2.05, 4.69) is 15.9 Å². The van der Waals surface area contributed by atoms with E-state index in [0.717, 1.165) is 22.8 Å². The Morgan fingerprint density at radius 3 is 2.85 bits per heavy atom. The van der Waals surface area contributed by atoms with E-state index in [1.54, 1.807) is 35.5 Å². The molecule has 138 valence electrons. The van der Waals surface area contributed by atoms with Crippen LogP contribution < -0.4 is 16.0 Å². The molecule has 3 heterocycles. The minimum absolute atomic E-state index is 0.216. The number of halogens is 2. The molecule has 8 heteroatoms. The summed E-state index contributed by atoms with van der Waals surface area (Å²) in [7, 11) is 0. The quantitative estimate of drug-likeness (QED) is 0.801. The van der Waals surface area contributed by atoms with Crippen molar-refractivity contribution in [3.05, 3.63) is 81.4 Å². The predicted octanol–water partition coefficient (Wildman–Crippen LogP) is 3.80. The van der Waals surface area contributed by atoms with Crippen LogP contribution in [0.2, 0.25) is 10.0 Å². The van der Waals surface area contributed by atoms with E-state index in [9.17, 15) is 4.79 Å². The van der Waals surface area contributed by atoms with Crippen molar-refractivity contribution < 1.29 is 4.79 Å². The first-order chi connectivity index (χ1) is 13.0. The number of carbonyl (C=O) groups excluding carboxylic acids is 1. The highest BCUT2D eigenvalue weighted by atomic mass is 35.5. The molecule has 0 bridgehead atoms. The molecule has 2 N–H and O–H groups in total. The Kier molecular flexibility index (Phi) is 4.55. The summed E-state index contributed by atoms with van der Waals surface area (Å²) in [4.78, 5) is 19.0. The first-order valence-corrected chi connectivity index (χ1v) is 9.16. The van der Waals surface area contributed by atoms with Crippen LogP contribution in [0.4, 0.5) is 5.82 Å². The monoisotopic (exact) mass is 401 g/mol. The van der Waals surface area contributed by atoms with Crippen molar-refractivity contribution in [1.82, 2.24) is 20.8 Å². The molecule has 1 aromatic heterocycles. The van der Waals surface area contributed by atoms with Gasteiger partial charge in [0.1, 0.15) is 5.82 Å². The largest absolute Gasteiger partial charge is 0.306 e. The summed E-state index contributed by atoms with van der Waals surface area (Å²) in [5.74, 6) is 0.550. The summed E-state index contributed by atoms with van der Waals surface area (Å²) < 4.78 is 0. The number of anilines is 1. The fourth-order valence-electron chi connectivity index (χ4n) is 3.14. The zero-order valence-corrected chi connectivity index (χ0v) is 16.2. The molecule has 2 aromatic rings. The van der Waals surface area contributed by atoms with Gasteiger partial charge in [0, 0.05) is 12.4 Å². The van der Waals surface area contributed by atoms with E-state index in [0.29, 0.717) is 10.6 Å². The second-order valence-electron chi connectivity index (χ2n) is 6.37. The summed E-state index contributed by atoms with van der Waals surface area (Å²) in [6, 6.07) is 8.74. The van der Waals surface area contributed by atoms with Crippen LogP contribution in [0.5, 0.6) is 0 Å². The highest BCUT2D eigenvalue weighted by Gasteiger charge is 2.34. The number of rotatable bonds is 2. The minimum Gasteiger partial charge on any atom is -0.306 e. The van der Waals surface area contributed by atoms with E-state index in [1.807, 2.05) is 37.1 Å². The minimum atomic E-state index is -0.227. The lowest BCUT2D eigenvalue weighted by Crippen LogP contribution is -2.42. The van der Waals surface area contributed by atoms with Crippen LogP contribution in [-0.2, 0) is 0 Å². The van der Waals surface area contributed by atoms with E-state index < -0.39 is 0 Å². The van der Waals surface area contributed by atoms with Gasteiger partial charge in [0.15, 0.2) is 0 Å². The molecule has 27 heavy (non-hydrogen) atoms. The van der Waals surface area contributed by atoms with Crippen LogP contribution in [0.3, 0.4) is 0 Å². The smallest absolute Gasteiger partial charge is 0.259 e. The lowest BCUT2D eigenvalue weighted by atomic mass is 10.1. The number of aromatic nitrogens is 1. The van der Waals surface area contributed by atoms with Crippen molar-refractivity contribution in [2.75, 3.05) is 5.01 Å². The van der Waals surface area contributed by atoms with Crippen LogP contribution in [-0.4, -0.2) is 21.8 Å². The highest BCUT2D eigenvalue weighted by Crippen LogP contribution is 2.31. The average molecular weight is 402 g/mol. The van der Waals surface area contributed by atoms with Gasteiger partial charge in [0.2, 0.25) is 0 Å². The number of carbonyl (C=O) groups is 1. The van der Waals surface area contributed by atoms with Gasteiger partial charge in [-0.3, -0.25) is 4.79 Å². The van der Waals surface area contributed by atoms with Gasteiger partial charge < -0.3 is 10.3 Å². The number of hydrogen-bond acceptors (Lipinski definition) is 5. The van der Waals surface area contributed by atoms with E-state index in [-0.39, 0.29) is 17.0 Å². The third-order valence-electron chi connectivity index (χ3n) is 4.59. The first-order valence-electron chi connectivity index (χ1n) is 8.41. The molecule has 2 aliphatic rings. The highest BCUT2D eigenvalue weighted by molar-refractivity contribution is 6.43. The lowest BCUT2D eigenvalue weighted by molar-refractivity contribution is 0.0790. The van der Waals surface area contributed by atoms with Crippen molar-refractivity contribution in [3.63, 3.8) is 0 Å². The third-order valence-corrected chi connectivity index (χ3v) is 5.41. The van der Waals surface area contributed by atoms with Gasteiger partial charge in [-0.1, -0.05) is 29.3 Å². The molecule has 0 saturated heterocycles. The Bertz CT molecular complexity index is 988. The molecule has 1 aromatic carbocycles. The molecule has 1 amide bonds. The Hall–Kier alpha value is -2.54. The van der Waals surface area contributed by atoms with E-state index >= 15 is 0 Å². The zero-order chi connectivity index (χ0) is 19.1. The molecule has 2 aliphatic heterocycles. The number of allylic oxidation sites excluding steroid dienone is 1. The second kappa shape index (κ2) is 6.88. The zero-order valence-electron chi connectivity index (χ0n) is 14.7. The van der Waals surface area contributed by atoms with Gasteiger partial charge in [-0.15, -0.1) is 5.53 Å². The SMILES string of the molecule is Cc1ccnc(N2NNC3=C2C=CN(C(=O)c2cccc(Cl)c2Cl)C3C)c1. The van der Waals surface area contributed by atoms with Gasteiger partial charge in [-0.25, -0.2) is 9.99 Å². The number of hydrogen-bond donors (Lipinski definition) is 2. The summed E-state index contributed by atoms with van der Waals surface area (Å²) >= 11 is 12.3. The molecule has 0 saturated carbocycles. The molecular weight excluding hydrogens is 385 g/mol. The molecule has 0 spiro atoms. The summed E-state index contributed by atoms with van der Waals surface area (Å²) in [6.45, 7) is 3.95. The average Bonchev–Trinajstić information content (AvgIpc) is 3.09. The number of aryl methyl sites for hydroxylation is 1. The normalized spacial score (nSPS) is 18.6.